The molecule has 0 aromatic heterocycles. The summed E-state index contributed by atoms with van der Waals surface area (Å²) in [4.78, 5) is 0. The van der Waals surface area contributed by atoms with Gasteiger partial charge in [-0.25, -0.2) is 0 Å². The lowest BCUT2D eigenvalue weighted by Gasteiger charge is -2.10. The van der Waals surface area contributed by atoms with E-state index in [-0.39, 0.29) is 5.92 Å². The van der Waals surface area contributed by atoms with Crippen LogP contribution in [0.4, 0.5) is 0 Å². The number of nitriles is 1. The number of unbranched alkanes of at least 4 members (excludes halogenated alkanes) is 1. The first-order valence-corrected chi connectivity index (χ1v) is 7.43. The van der Waals surface area contributed by atoms with E-state index in [1.165, 1.54) is 5.56 Å². The molecule has 1 unspecified atom stereocenters. The summed E-state index contributed by atoms with van der Waals surface area (Å²) in [5.41, 5.74) is 2.35. The second-order valence-electron chi connectivity index (χ2n) is 5.25. The molecule has 0 spiro atoms. The third-order valence-corrected chi connectivity index (χ3v) is 3.53. The summed E-state index contributed by atoms with van der Waals surface area (Å²) in [6.07, 6.45) is 2.86. The van der Waals surface area contributed by atoms with Crippen molar-refractivity contribution >= 4 is 0 Å². The third kappa shape index (κ3) is 4.96. The smallest absolute Gasteiger partial charge is 0.119 e. The predicted octanol–water partition coefficient (Wildman–Crippen LogP) is 4.85. The Morgan fingerprint density at radius 2 is 1.71 bits per heavy atom. The lowest BCUT2D eigenvalue weighted by Crippen LogP contribution is -2.00. The zero-order valence-electron chi connectivity index (χ0n) is 12.5. The average Bonchev–Trinajstić information content (AvgIpc) is 2.53. The third-order valence-electron chi connectivity index (χ3n) is 3.53. The number of aryl methyl sites for hydroxylation is 1. The molecule has 0 radical (unpaired) electrons. The topological polar surface area (TPSA) is 33.0 Å². The maximum atomic E-state index is 9.30. The summed E-state index contributed by atoms with van der Waals surface area (Å²) >= 11 is 0. The van der Waals surface area contributed by atoms with Gasteiger partial charge in [-0.15, -0.1) is 0 Å². The maximum Gasteiger partial charge on any atom is 0.119 e. The van der Waals surface area contributed by atoms with Crippen molar-refractivity contribution in [3.63, 3.8) is 0 Å². The number of ether oxygens (including phenoxy) is 1. The highest BCUT2D eigenvalue weighted by molar-refractivity contribution is 5.28. The molecular weight excluding hydrogens is 258 g/mol. The lowest BCUT2D eigenvalue weighted by atomic mass is 9.94. The van der Waals surface area contributed by atoms with E-state index in [9.17, 15) is 5.26 Å². The van der Waals surface area contributed by atoms with Crippen molar-refractivity contribution in [2.75, 3.05) is 6.61 Å². The first-order chi connectivity index (χ1) is 10.3. The van der Waals surface area contributed by atoms with E-state index in [1.54, 1.807) is 0 Å². The van der Waals surface area contributed by atoms with Gasteiger partial charge >= 0.3 is 0 Å². The minimum atomic E-state index is -0.0117. The monoisotopic (exact) mass is 279 g/mol. The van der Waals surface area contributed by atoms with Gasteiger partial charge in [-0.3, -0.25) is 0 Å². The van der Waals surface area contributed by atoms with Crippen LogP contribution in [0.5, 0.6) is 5.75 Å². The Hall–Kier alpha value is -2.27. The van der Waals surface area contributed by atoms with Gasteiger partial charge < -0.3 is 4.74 Å². The van der Waals surface area contributed by atoms with Crippen LogP contribution in [0.25, 0.3) is 0 Å². The van der Waals surface area contributed by atoms with Crippen LogP contribution < -0.4 is 4.74 Å². The van der Waals surface area contributed by atoms with Crippen LogP contribution >= 0.6 is 0 Å². The van der Waals surface area contributed by atoms with Crippen molar-refractivity contribution in [1.82, 2.24) is 0 Å². The molecule has 2 nitrogen and oxygen atoms in total. The second-order valence-corrected chi connectivity index (χ2v) is 5.25. The highest BCUT2D eigenvalue weighted by atomic mass is 16.5. The van der Waals surface area contributed by atoms with Crippen molar-refractivity contribution in [2.45, 2.75) is 32.1 Å². The summed E-state index contributed by atoms with van der Waals surface area (Å²) in [6.45, 7) is 2.77. The molecule has 21 heavy (non-hydrogen) atoms. The van der Waals surface area contributed by atoms with Crippen molar-refractivity contribution in [1.29, 1.82) is 5.26 Å². The van der Waals surface area contributed by atoms with Crippen LogP contribution in [-0.2, 0) is 0 Å². The maximum absolute atomic E-state index is 9.30. The van der Waals surface area contributed by atoms with Gasteiger partial charge in [0.05, 0.1) is 18.6 Å². The van der Waals surface area contributed by atoms with Gasteiger partial charge in [0, 0.05) is 0 Å². The van der Waals surface area contributed by atoms with E-state index in [0.29, 0.717) is 6.61 Å². The average molecular weight is 279 g/mol. The van der Waals surface area contributed by atoms with E-state index in [4.69, 9.17) is 4.74 Å². The van der Waals surface area contributed by atoms with E-state index >= 15 is 0 Å². The first kappa shape index (κ1) is 15.1. The Balaban J connectivity index is 1.72. The quantitative estimate of drug-likeness (QED) is 0.679. The molecule has 0 saturated heterocycles. The second kappa shape index (κ2) is 8.11. The van der Waals surface area contributed by atoms with E-state index < -0.39 is 0 Å². The van der Waals surface area contributed by atoms with E-state index in [0.717, 1.165) is 30.6 Å². The van der Waals surface area contributed by atoms with Crippen LogP contribution in [-0.4, -0.2) is 6.61 Å². The lowest BCUT2D eigenvalue weighted by molar-refractivity contribution is 0.304. The first-order valence-electron chi connectivity index (χ1n) is 7.43. The molecule has 0 bridgehead atoms. The van der Waals surface area contributed by atoms with Crippen LogP contribution in [0.2, 0.25) is 0 Å². The van der Waals surface area contributed by atoms with Crippen LogP contribution in [0.1, 0.15) is 36.3 Å². The van der Waals surface area contributed by atoms with Gasteiger partial charge in [0.2, 0.25) is 0 Å². The summed E-state index contributed by atoms with van der Waals surface area (Å²) in [6, 6.07) is 20.5. The zero-order valence-corrected chi connectivity index (χ0v) is 12.5. The fourth-order valence-corrected chi connectivity index (χ4v) is 2.26. The Bertz CT molecular complexity index is 569. The Morgan fingerprint density at radius 3 is 2.38 bits per heavy atom. The Morgan fingerprint density at radius 1 is 1.00 bits per heavy atom. The van der Waals surface area contributed by atoms with Crippen LogP contribution in [0.15, 0.2) is 54.6 Å². The molecule has 0 heterocycles. The highest BCUT2D eigenvalue weighted by Crippen LogP contribution is 2.21. The summed E-state index contributed by atoms with van der Waals surface area (Å²) in [5.74, 6) is 0.898. The molecule has 108 valence electrons. The number of hydrogen-bond acceptors (Lipinski definition) is 2. The van der Waals surface area contributed by atoms with Gasteiger partial charge in [0.25, 0.3) is 0 Å². The fourth-order valence-electron chi connectivity index (χ4n) is 2.26. The SMILES string of the molecule is Cc1ccc(C(C#N)CCCCOc2ccccc2)cc1. The predicted molar refractivity (Wildman–Crippen MR) is 85.3 cm³/mol. The van der Waals surface area contributed by atoms with Crippen molar-refractivity contribution in [3.8, 4) is 11.8 Å². The van der Waals surface area contributed by atoms with Crippen LogP contribution in [0.3, 0.4) is 0 Å². The molecule has 0 aliphatic heterocycles. The van der Waals surface area contributed by atoms with Crippen molar-refractivity contribution in [2.24, 2.45) is 0 Å². The Kier molecular flexibility index (Phi) is 5.84. The normalized spacial score (nSPS) is 11.6. The summed E-state index contributed by atoms with van der Waals surface area (Å²) in [5, 5.41) is 9.30. The molecule has 2 aromatic carbocycles. The van der Waals surface area contributed by atoms with Gasteiger partial charge in [-0.2, -0.15) is 5.26 Å². The Labute approximate surface area is 127 Å². The fraction of sp³-hybridized carbons (Fsp3) is 0.316. The van der Waals surface area contributed by atoms with E-state index in [2.05, 4.69) is 37.3 Å². The molecule has 0 amide bonds. The van der Waals surface area contributed by atoms with Crippen molar-refractivity contribution in [3.05, 3.63) is 65.7 Å². The van der Waals surface area contributed by atoms with Crippen molar-refractivity contribution < 1.29 is 4.74 Å². The number of benzene rings is 2. The molecule has 0 N–H and O–H groups in total. The number of nitrogens with zero attached hydrogens (tertiary/aromatic N) is 1. The zero-order chi connectivity index (χ0) is 14.9. The summed E-state index contributed by atoms with van der Waals surface area (Å²) in [7, 11) is 0. The van der Waals surface area contributed by atoms with E-state index in [1.807, 2.05) is 30.3 Å². The molecule has 0 aliphatic carbocycles. The minimum absolute atomic E-state index is 0.0117. The molecule has 1 atom stereocenters. The molecule has 2 aromatic rings. The van der Waals surface area contributed by atoms with Gasteiger partial charge in [-0.1, -0.05) is 48.0 Å². The molecular formula is C19H21NO. The molecule has 2 heteroatoms. The highest BCUT2D eigenvalue weighted by Gasteiger charge is 2.09. The largest absolute Gasteiger partial charge is 0.494 e. The van der Waals surface area contributed by atoms with Gasteiger partial charge in [0.15, 0.2) is 0 Å². The molecule has 0 saturated carbocycles. The number of hydrogen-bond donors (Lipinski definition) is 0. The minimum Gasteiger partial charge on any atom is -0.494 e. The molecule has 2 rings (SSSR count). The van der Waals surface area contributed by atoms with Gasteiger partial charge in [-0.05, 0) is 43.9 Å². The number of para-hydroxylation sites is 1. The summed E-state index contributed by atoms with van der Waals surface area (Å²) < 4.78 is 5.66. The van der Waals surface area contributed by atoms with Crippen LogP contribution in [0, 0.1) is 18.3 Å². The molecule has 0 fully saturated rings. The molecule has 0 aliphatic rings. The van der Waals surface area contributed by atoms with Gasteiger partial charge in [0.1, 0.15) is 5.75 Å². The standard InChI is InChI=1S/C19H21NO/c1-16-10-12-17(13-11-16)18(15-20)7-5-6-14-21-19-8-3-2-4-9-19/h2-4,8-13,18H,5-7,14H2,1H3. The number of rotatable bonds is 7.